The number of H-pyrrole nitrogens is 1. The van der Waals surface area contributed by atoms with Gasteiger partial charge >= 0.3 is 11.9 Å². The van der Waals surface area contributed by atoms with E-state index in [1.165, 1.54) is 26.4 Å². The van der Waals surface area contributed by atoms with Crippen LogP contribution in [0, 0.1) is 0 Å². The fraction of sp³-hybridized carbons (Fsp3) is 0.500. The summed E-state index contributed by atoms with van der Waals surface area (Å²) in [6.07, 6.45) is 0.100. The van der Waals surface area contributed by atoms with Gasteiger partial charge in [-0.3, -0.25) is 43.2 Å². The first kappa shape index (κ1) is 40.9. The van der Waals surface area contributed by atoms with Gasteiger partial charge in [0.1, 0.15) is 30.2 Å². The van der Waals surface area contributed by atoms with E-state index in [4.69, 9.17) is 17.2 Å². The number of carbonyl (C=O) groups excluding carboxylic acids is 8. The standard InChI is InChI=1S/C26H39N11O12/c1-10(33-23(45)13(27)4-17(28)38)21(43)31-8-19(40)35-15(6-20(41)42)25(47)36-14(3-12-7-30-9-32-12)24(46)34-11(2)22(44)37-16(26(48)49)5-18(29)39/h7,9-11,13-16H,3-6,8,27H2,1-2H3,(H2,28,38)(H2,29,39)(H,30,32)(H,31,43)(H,33,45)(H,34,46)(H,35,40)(H,36,47)(H,37,44)(H,41,42)(H,48,49)/t10-,11-,13-,14-,15-,16-/m0/s1. The van der Waals surface area contributed by atoms with Gasteiger partial charge in [-0.15, -0.1) is 0 Å². The third-order valence-corrected chi connectivity index (χ3v) is 6.35. The normalized spacial score (nSPS) is 14.3. The highest BCUT2D eigenvalue weighted by molar-refractivity contribution is 5.97. The molecule has 15 N–H and O–H groups in total. The Bertz CT molecular complexity index is 1420. The fourth-order valence-corrected chi connectivity index (χ4v) is 3.82. The molecule has 0 unspecified atom stereocenters. The van der Waals surface area contributed by atoms with Crippen molar-refractivity contribution in [3.63, 3.8) is 0 Å². The molecule has 0 aliphatic rings. The Hall–Kier alpha value is -6.13. The molecule has 0 bridgehead atoms. The second kappa shape index (κ2) is 19.5. The number of aromatic amines is 1. The largest absolute Gasteiger partial charge is 0.481 e. The van der Waals surface area contributed by atoms with Gasteiger partial charge in [0.15, 0.2) is 0 Å². The average Bonchev–Trinajstić information content (AvgIpc) is 3.50. The molecule has 23 nitrogen and oxygen atoms in total. The molecule has 0 radical (unpaired) electrons. The van der Waals surface area contributed by atoms with Crippen molar-refractivity contribution in [2.24, 2.45) is 17.2 Å². The van der Waals surface area contributed by atoms with E-state index in [1.807, 2.05) is 5.32 Å². The third-order valence-electron chi connectivity index (χ3n) is 6.35. The lowest BCUT2D eigenvalue weighted by Crippen LogP contribution is -2.58. The van der Waals surface area contributed by atoms with Crippen LogP contribution >= 0.6 is 0 Å². The van der Waals surface area contributed by atoms with Crippen LogP contribution in [0.5, 0.6) is 0 Å². The summed E-state index contributed by atoms with van der Waals surface area (Å²) < 4.78 is 0. The molecule has 23 heteroatoms. The number of carboxylic acid groups (broad SMARTS) is 2. The number of imidazole rings is 1. The molecule has 1 rings (SSSR count). The summed E-state index contributed by atoms with van der Waals surface area (Å²) in [5, 5.41) is 31.6. The predicted molar refractivity (Wildman–Crippen MR) is 162 cm³/mol. The van der Waals surface area contributed by atoms with Crippen LogP contribution in [0.15, 0.2) is 12.5 Å². The van der Waals surface area contributed by atoms with Crippen molar-refractivity contribution in [1.29, 1.82) is 0 Å². The second-order valence-corrected chi connectivity index (χ2v) is 10.6. The van der Waals surface area contributed by atoms with Crippen LogP contribution in [0.2, 0.25) is 0 Å². The highest BCUT2D eigenvalue weighted by Gasteiger charge is 2.32. The molecule has 0 saturated carbocycles. The molecule has 0 fully saturated rings. The Kier molecular flexibility index (Phi) is 16.3. The lowest BCUT2D eigenvalue weighted by atomic mass is 10.1. The van der Waals surface area contributed by atoms with Crippen LogP contribution in [0.25, 0.3) is 0 Å². The van der Waals surface area contributed by atoms with Gasteiger partial charge in [0.05, 0.1) is 38.2 Å². The molecule has 0 aromatic carbocycles. The minimum absolute atomic E-state index is 0.276. The van der Waals surface area contributed by atoms with Gasteiger partial charge in [0, 0.05) is 18.3 Å². The zero-order chi connectivity index (χ0) is 37.4. The predicted octanol–water partition coefficient (Wildman–Crippen LogP) is -6.83. The van der Waals surface area contributed by atoms with E-state index < -0.39 is 121 Å². The van der Waals surface area contributed by atoms with Crippen LogP contribution in [0.1, 0.15) is 38.8 Å². The maximum atomic E-state index is 13.2. The Morgan fingerprint density at radius 2 is 1.27 bits per heavy atom. The second-order valence-electron chi connectivity index (χ2n) is 10.6. The minimum atomic E-state index is -1.78. The first-order valence-corrected chi connectivity index (χ1v) is 14.3. The zero-order valence-corrected chi connectivity index (χ0v) is 26.3. The maximum absolute atomic E-state index is 13.2. The molecular formula is C26H39N11O12. The van der Waals surface area contributed by atoms with Gasteiger partial charge < -0.3 is 64.3 Å². The molecule has 8 amide bonds. The molecule has 0 saturated heterocycles. The number of aliphatic carboxylic acids is 2. The lowest BCUT2D eigenvalue weighted by molar-refractivity contribution is -0.143. The first-order chi connectivity index (χ1) is 22.8. The van der Waals surface area contributed by atoms with Crippen LogP contribution in [0.3, 0.4) is 0 Å². The number of hydrogen-bond acceptors (Lipinski definition) is 12. The Balaban J connectivity index is 2.96. The number of aromatic nitrogens is 2. The highest BCUT2D eigenvalue weighted by Crippen LogP contribution is 2.03. The number of carboxylic acids is 2. The van der Waals surface area contributed by atoms with Gasteiger partial charge in [0.25, 0.3) is 0 Å². The van der Waals surface area contributed by atoms with Crippen LogP contribution < -0.4 is 49.1 Å². The summed E-state index contributed by atoms with van der Waals surface area (Å²) in [6, 6.07) is -8.96. The van der Waals surface area contributed by atoms with Gasteiger partial charge in [-0.05, 0) is 13.8 Å². The van der Waals surface area contributed by atoms with Gasteiger partial charge in [0.2, 0.25) is 47.3 Å². The van der Waals surface area contributed by atoms with Gasteiger partial charge in [-0.2, -0.15) is 0 Å². The van der Waals surface area contributed by atoms with E-state index in [9.17, 15) is 58.2 Å². The smallest absolute Gasteiger partial charge is 0.326 e. The monoisotopic (exact) mass is 697 g/mol. The van der Waals surface area contributed by atoms with Crippen molar-refractivity contribution in [2.45, 2.75) is 75.8 Å². The number of nitrogens with one attached hydrogen (secondary N) is 7. The first-order valence-electron chi connectivity index (χ1n) is 14.3. The van der Waals surface area contributed by atoms with E-state index >= 15 is 0 Å². The van der Waals surface area contributed by atoms with Crippen molar-refractivity contribution >= 4 is 59.2 Å². The quantitative estimate of drug-likeness (QED) is 0.0568. The lowest BCUT2D eigenvalue weighted by Gasteiger charge is -2.24. The molecule has 0 aliphatic carbocycles. The zero-order valence-electron chi connectivity index (χ0n) is 26.3. The third kappa shape index (κ3) is 15.3. The number of rotatable bonds is 21. The number of hydrogen-bond donors (Lipinski definition) is 12. The Morgan fingerprint density at radius 1 is 0.714 bits per heavy atom. The fourth-order valence-electron chi connectivity index (χ4n) is 3.82. The minimum Gasteiger partial charge on any atom is -0.481 e. The van der Waals surface area contributed by atoms with Crippen molar-refractivity contribution in [3.05, 3.63) is 18.2 Å². The maximum Gasteiger partial charge on any atom is 0.326 e. The molecule has 1 heterocycles. The van der Waals surface area contributed by atoms with Crippen LogP contribution in [0.4, 0.5) is 0 Å². The van der Waals surface area contributed by atoms with E-state index in [-0.39, 0.29) is 6.42 Å². The topological polar surface area (TPSA) is 390 Å². The summed E-state index contributed by atoms with van der Waals surface area (Å²) in [5.41, 5.74) is 15.8. The number of carbonyl (C=O) groups is 10. The Labute approximate surface area is 277 Å². The molecule has 0 spiro atoms. The van der Waals surface area contributed by atoms with Crippen LogP contribution in [-0.4, -0.2) is 122 Å². The van der Waals surface area contributed by atoms with Crippen molar-refractivity contribution in [1.82, 2.24) is 41.9 Å². The molecule has 0 aliphatic heterocycles. The van der Waals surface area contributed by atoms with E-state index in [2.05, 4.69) is 36.6 Å². The summed E-state index contributed by atoms with van der Waals surface area (Å²) in [4.78, 5) is 127. The van der Waals surface area contributed by atoms with Crippen molar-refractivity contribution in [3.8, 4) is 0 Å². The van der Waals surface area contributed by atoms with Gasteiger partial charge in [-0.1, -0.05) is 0 Å². The summed E-state index contributed by atoms with van der Waals surface area (Å²) in [7, 11) is 0. The van der Waals surface area contributed by atoms with E-state index in [1.54, 1.807) is 0 Å². The molecular weight excluding hydrogens is 658 g/mol. The SMILES string of the molecule is C[C@H](NC(=O)[C@H](Cc1cnc[nH]1)NC(=O)[C@H](CC(=O)O)NC(=O)CNC(=O)[C@H](C)NC(=O)[C@@H](N)CC(N)=O)C(=O)N[C@@H](CC(N)=O)C(=O)O. The Morgan fingerprint density at radius 3 is 1.80 bits per heavy atom. The highest BCUT2D eigenvalue weighted by atomic mass is 16.4. The molecule has 49 heavy (non-hydrogen) atoms. The number of amides is 8. The van der Waals surface area contributed by atoms with Crippen LogP contribution in [-0.2, 0) is 54.4 Å². The molecule has 6 atom stereocenters. The van der Waals surface area contributed by atoms with Crippen molar-refractivity contribution in [2.75, 3.05) is 6.54 Å². The molecule has 270 valence electrons. The van der Waals surface area contributed by atoms with E-state index in [0.29, 0.717) is 5.69 Å². The molecule has 1 aromatic heterocycles. The summed E-state index contributed by atoms with van der Waals surface area (Å²) >= 11 is 0. The van der Waals surface area contributed by atoms with Crippen molar-refractivity contribution < 1.29 is 58.2 Å². The van der Waals surface area contributed by atoms with Gasteiger partial charge in [-0.25, -0.2) is 9.78 Å². The number of primary amides is 2. The molecule has 1 aromatic rings. The number of nitrogens with two attached hydrogens (primary N) is 3. The summed E-state index contributed by atoms with van der Waals surface area (Å²) in [5.74, 6) is -10.9. The van der Waals surface area contributed by atoms with E-state index in [0.717, 1.165) is 0 Å². The number of nitrogens with zero attached hydrogens (tertiary/aromatic N) is 1. The average molecular weight is 698 g/mol. The summed E-state index contributed by atoms with van der Waals surface area (Å²) in [6.45, 7) is 1.63.